The van der Waals surface area contributed by atoms with Gasteiger partial charge in [0.1, 0.15) is 11.5 Å². The average Bonchev–Trinajstić information content (AvgIpc) is 2.97. The fourth-order valence-electron chi connectivity index (χ4n) is 7.48. The normalized spacial score (nSPS) is 22.7. The summed E-state index contributed by atoms with van der Waals surface area (Å²) in [5.41, 5.74) is 4.70. The molecule has 0 spiro atoms. The van der Waals surface area contributed by atoms with Crippen LogP contribution in [-0.2, 0) is 6.18 Å². The van der Waals surface area contributed by atoms with Gasteiger partial charge in [0.05, 0.1) is 12.2 Å². The van der Waals surface area contributed by atoms with E-state index < -0.39 is 17.6 Å². The smallest absolute Gasteiger partial charge is 0.416 e. The number of carbonyl (C=O) groups is 1. The fraction of sp³-hybridized carbons (Fsp3) is 0.400. The minimum atomic E-state index is -4.42. The largest absolute Gasteiger partial charge is 0.508 e. The lowest BCUT2D eigenvalue weighted by Crippen LogP contribution is -2.40. The number of hydrogen-bond donors (Lipinski definition) is 2. The zero-order valence-corrected chi connectivity index (χ0v) is 23.5. The van der Waals surface area contributed by atoms with Gasteiger partial charge in [-0.1, -0.05) is 29.8 Å². The van der Waals surface area contributed by atoms with Gasteiger partial charge < -0.3 is 15.2 Å². The van der Waals surface area contributed by atoms with Gasteiger partial charge >= 0.3 is 6.18 Å². The lowest BCUT2D eigenvalue weighted by Gasteiger charge is -2.52. The Balaban J connectivity index is 1.04. The third-order valence-electron chi connectivity index (χ3n) is 9.21. The number of ether oxygens (including phenoxy) is 1. The molecule has 0 radical (unpaired) electrons. The van der Waals surface area contributed by atoms with E-state index in [1.54, 1.807) is 17.7 Å². The first-order chi connectivity index (χ1) is 20.2. The number of aromatic hydroxyl groups is 1. The van der Waals surface area contributed by atoms with Crippen molar-refractivity contribution in [2.24, 2.45) is 23.7 Å². The molecule has 0 saturated heterocycles. The van der Waals surface area contributed by atoms with Crippen molar-refractivity contribution in [3.8, 4) is 11.5 Å². The molecule has 4 nitrogen and oxygen atoms in total. The highest BCUT2D eigenvalue weighted by atomic mass is 19.4. The zero-order chi connectivity index (χ0) is 29.3. The second-order valence-corrected chi connectivity index (χ2v) is 12.1. The number of carbonyl (C=O) groups excluding carboxylic acids is 1. The maximum atomic E-state index is 12.7. The van der Waals surface area contributed by atoms with E-state index in [2.05, 4.69) is 17.4 Å². The van der Waals surface area contributed by atoms with E-state index in [0.717, 1.165) is 41.7 Å². The molecule has 4 aliphatic rings. The number of allylic oxidation sites excluding steroid dienone is 1. The first-order valence-electron chi connectivity index (χ1n) is 15.0. The first kappa shape index (κ1) is 28.4. The molecule has 4 aliphatic carbocycles. The van der Waals surface area contributed by atoms with Gasteiger partial charge in [0.15, 0.2) is 0 Å². The summed E-state index contributed by atoms with van der Waals surface area (Å²) in [6.45, 7) is 0.907. The second kappa shape index (κ2) is 11.9. The molecular formula is C35H36F3NO3. The van der Waals surface area contributed by atoms with Crippen LogP contribution in [0.25, 0.3) is 5.57 Å². The lowest BCUT2D eigenvalue weighted by molar-refractivity contribution is -0.137. The van der Waals surface area contributed by atoms with E-state index in [1.165, 1.54) is 55.4 Å². The molecule has 0 aliphatic heterocycles. The van der Waals surface area contributed by atoms with Gasteiger partial charge in [-0.05, 0) is 134 Å². The number of halogens is 3. The molecule has 0 heterocycles. The van der Waals surface area contributed by atoms with Crippen LogP contribution < -0.4 is 10.1 Å². The molecule has 4 bridgehead atoms. The average molecular weight is 576 g/mol. The van der Waals surface area contributed by atoms with Crippen LogP contribution in [0.3, 0.4) is 0 Å². The summed E-state index contributed by atoms with van der Waals surface area (Å²) in [6, 6.07) is 20.1. The molecule has 2 N–H and O–H groups in total. The predicted molar refractivity (Wildman–Crippen MR) is 156 cm³/mol. The summed E-state index contributed by atoms with van der Waals surface area (Å²) in [7, 11) is 0. The van der Waals surface area contributed by atoms with E-state index in [4.69, 9.17) is 4.74 Å². The lowest BCUT2D eigenvalue weighted by atomic mass is 9.53. The predicted octanol–water partition coefficient (Wildman–Crippen LogP) is 8.26. The van der Waals surface area contributed by atoms with Crippen LogP contribution in [-0.4, -0.2) is 24.2 Å². The van der Waals surface area contributed by atoms with Crippen molar-refractivity contribution in [2.75, 3.05) is 13.2 Å². The Hall–Kier alpha value is -3.74. The number of phenolic OH excluding ortho intramolecular Hbond substituents is 1. The number of hydrogen-bond acceptors (Lipinski definition) is 3. The van der Waals surface area contributed by atoms with Crippen molar-refractivity contribution in [2.45, 2.75) is 51.1 Å². The number of rotatable bonds is 9. The van der Waals surface area contributed by atoms with Gasteiger partial charge in [-0.2, -0.15) is 13.2 Å². The molecule has 42 heavy (non-hydrogen) atoms. The first-order valence-corrected chi connectivity index (χ1v) is 15.0. The summed E-state index contributed by atoms with van der Waals surface area (Å²) in [6.07, 6.45) is 3.61. The van der Waals surface area contributed by atoms with Crippen molar-refractivity contribution in [1.82, 2.24) is 5.32 Å². The van der Waals surface area contributed by atoms with E-state index in [-0.39, 0.29) is 11.3 Å². The molecule has 4 saturated carbocycles. The summed E-state index contributed by atoms with van der Waals surface area (Å²) in [5, 5.41) is 12.7. The molecule has 1 amide bonds. The molecule has 0 atom stereocenters. The molecule has 7 rings (SSSR count). The van der Waals surface area contributed by atoms with Crippen LogP contribution in [0.1, 0.15) is 72.0 Å². The van der Waals surface area contributed by atoms with Crippen LogP contribution in [0.15, 0.2) is 78.4 Å². The Kier molecular flexibility index (Phi) is 8.02. The number of amides is 1. The van der Waals surface area contributed by atoms with Crippen LogP contribution >= 0.6 is 0 Å². The van der Waals surface area contributed by atoms with Crippen LogP contribution in [0, 0.1) is 23.7 Å². The molecule has 3 aromatic carbocycles. The van der Waals surface area contributed by atoms with E-state index in [9.17, 15) is 23.1 Å². The number of benzene rings is 3. The van der Waals surface area contributed by atoms with Crippen molar-refractivity contribution >= 4 is 11.5 Å². The number of phenols is 1. The third-order valence-corrected chi connectivity index (χ3v) is 9.21. The van der Waals surface area contributed by atoms with Gasteiger partial charge in [0, 0.05) is 12.1 Å². The summed E-state index contributed by atoms with van der Waals surface area (Å²) >= 11 is 0. The molecule has 220 valence electrons. The molecule has 4 fully saturated rings. The molecular weight excluding hydrogens is 539 g/mol. The SMILES string of the molecule is O=C(NCCCCOc1ccc(C(=C2C3CC4CC(C3)CC2C4)c2ccc(O)cc2)cc1)c1ccc(C(F)(F)F)cc1. The van der Waals surface area contributed by atoms with E-state index >= 15 is 0 Å². The monoisotopic (exact) mass is 575 g/mol. The molecule has 0 aromatic heterocycles. The zero-order valence-electron chi connectivity index (χ0n) is 23.5. The highest BCUT2D eigenvalue weighted by molar-refractivity contribution is 5.94. The van der Waals surface area contributed by atoms with Gasteiger partial charge in [0.25, 0.3) is 5.91 Å². The van der Waals surface area contributed by atoms with Crippen molar-refractivity contribution < 1.29 is 27.8 Å². The topological polar surface area (TPSA) is 58.6 Å². The molecule has 3 aromatic rings. The summed E-state index contributed by atoms with van der Waals surface area (Å²) in [5.74, 6) is 3.74. The number of nitrogens with one attached hydrogen (secondary N) is 1. The Bertz CT molecular complexity index is 1400. The Labute approximate surface area is 244 Å². The number of unbranched alkanes of at least 4 members (excludes halogenated alkanes) is 1. The van der Waals surface area contributed by atoms with Crippen molar-refractivity contribution in [3.63, 3.8) is 0 Å². The van der Waals surface area contributed by atoms with Crippen molar-refractivity contribution in [3.05, 3.63) is 101 Å². The number of alkyl halides is 3. The van der Waals surface area contributed by atoms with E-state index in [1.807, 2.05) is 24.3 Å². The quantitative estimate of drug-likeness (QED) is 0.253. The Morgan fingerprint density at radius 3 is 1.88 bits per heavy atom. The van der Waals surface area contributed by atoms with Gasteiger partial charge in [0.2, 0.25) is 0 Å². The van der Waals surface area contributed by atoms with Crippen molar-refractivity contribution in [1.29, 1.82) is 0 Å². The molecule has 7 heteroatoms. The highest BCUT2D eigenvalue weighted by Gasteiger charge is 2.46. The summed E-state index contributed by atoms with van der Waals surface area (Å²) < 4.78 is 44.1. The Morgan fingerprint density at radius 2 is 1.31 bits per heavy atom. The maximum absolute atomic E-state index is 12.7. The van der Waals surface area contributed by atoms with Crippen LogP contribution in [0.4, 0.5) is 13.2 Å². The van der Waals surface area contributed by atoms with E-state index in [0.29, 0.717) is 31.4 Å². The third kappa shape index (κ3) is 6.20. The van der Waals surface area contributed by atoms with Crippen LogP contribution in [0.5, 0.6) is 11.5 Å². The highest BCUT2D eigenvalue weighted by Crippen LogP contribution is 2.58. The fourth-order valence-corrected chi connectivity index (χ4v) is 7.48. The van der Waals surface area contributed by atoms with Gasteiger partial charge in [-0.3, -0.25) is 4.79 Å². The summed E-state index contributed by atoms with van der Waals surface area (Å²) in [4.78, 5) is 12.2. The molecule has 0 unspecified atom stereocenters. The minimum absolute atomic E-state index is 0.203. The minimum Gasteiger partial charge on any atom is -0.508 e. The Morgan fingerprint density at radius 1 is 0.762 bits per heavy atom. The van der Waals surface area contributed by atoms with Gasteiger partial charge in [-0.25, -0.2) is 0 Å². The maximum Gasteiger partial charge on any atom is 0.416 e. The second-order valence-electron chi connectivity index (χ2n) is 12.1. The standard InChI is InChI=1S/C35H36F3NO3/c36-35(37,38)29-9-3-26(4-10-29)34(41)39-15-1-2-16-42-31-13-7-25(8-14-31)32(24-5-11-30(40)12-6-24)33-27-18-22-17-23(20-27)21-28(33)19-22/h3-14,22-23,27-28,40H,1-2,15-21H2,(H,39,41). The van der Waals surface area contributed by atoms with Gasteiger partial charge in [-0.15, -0.1) is 0 Å². The van der Waals surface area contributed by atoms with Crippen LogP contribution in [0.2, 0.25) is 0 Å².